The Morgan fingerprint density at radius 2 is 2.21 bits per heavy atom. The summed E-state index contributed by atoms with van der Waals surface area (Å²) in [6.07, 6.45) is 1.53. The largest absolute Gasteiger partial charge is 0.372 e. The Labute approximate surface area is 117 Å². The normalized spacial score (nSPS) is 14.3. The van der Waals surface area contributed by atoms with Crippen molar-refractivity contribution in [1.29, 1.82) is 0 Å². The molecular weight excluding hydrogens is 293 g/mol. The van der Waals surface area contributed by atoms with E-state index >= 15 is 0 Å². The zero-order chi connectivity index (χ0) is 13.2. The van der Waals surface area contributed by atoms with Crippen molar-refractivity contribution in [3.8, 4) is 0 Å². The number of sulfonamides is 1. The quantitative estimate of drug-likeness (QED) is 0.877. The number of aliphatic imine (C=N–C) groups is 1. The van der Waals surface area contributed by atoms with E-state index in [0.29, 0.717) is 6.42 Å². The minimum Gasteiger partial charge on any atom is -0.372 e. The topological polar surface area (TPSA) is 70.6 Å². The smallest absolute Gasteiger partial charge is 0.229 e. The molecule has 0 spiro atoms. The lowest BCUT2D eigenvalue weighted by atomic mass is 10.1. The maximum absolute atomic E-state index is 13.4. The lowest BCUT2D eigenvalue weighted by molar-refractivity contribution is 0.603. The van der Waals surface area contributed by atoms with Gasteiger partial charge in [-0.1, -0.05) is 6.07 Å². The van der Waals surface area contributed by atoms with Crippen LogP contribution < -0.4 is 10.0 Å². The van der Waals surface area contributed by atoms with E-state index in [1.807, 2.05) is 0 Å². The molecule has 0 fully saturated rings. The fraction of sp³-hybridized carbons (Fsp3) is 0.364. The number of benzene rings is 1. The summed E-state index contributed by atoms with van der Waals surface area (Å²) in [5.74, 6) is 0.248. The van der Waals surface area contributed by atoms with Crippen LogP contribution in [0.2, 0.25) is 0 Å². The molecule has 0 aromatic heterocycles. The summed E-state index contributed by atoms with van der Waals surface area (Å²) in [5.41, 5.74) is 0.768. The number of amidine groups is 1. The van der Waals surface area contributed by atoms with Gasteiger partial charge in [-0.15, -0.1) is 12.4 Å². The molecule has 0 saturated carbocycles. The zero-order valence-electron chi connectivity index (χ0n) is 10.3. The summed E-state index contributed by atoms with van der Waals surface area (Å²) in [5, 5.41) is 3.10. The second-order valence-electron chi connectivity index (χ2n) is 4.12. The molecule has 1 heterocycles. The van der Waals surface area contributed by atoms with Crippen LogP contribution in [0.15, 0.2) is 23.2 Å². The van der Waals surface area contributed by atoms with Crippen LogP contribution in [0.1, 0.15) is 5.56 Å². The summed E-state index contributed by atoms with van der Waals surface area (Å²) in [4.78, 5) is 4.23. The van der Waals surface area contributed by atoms with Crippen molar-refractivity contribution in [2.24, 2.45) is 4.99 Å². The van der Waals surface area contributed by atoms with Crippen molar-refractivity contribution in [2.75, 3.05) is 24.1 Å². The van der Waals surface area contributed by atoms with Crippen LogP contribution in [-0.2, 0) is 16.4 Å². The third-order valence-corrected chi connectivity index (χ3v) is 3.03. The lowest BCUT2D eigenvalue weighted by Crippen LogP contribution is -2.20. The van der Waals surface area contributed by atoms with Gasteiger partial charge in [0.2, 0.25) is 10.0 Å². The lowest BCUT2D eigenvalue weighted by Gasteiger charge is -2.08. The summed E-state index contributed by atoms with van der Waals surface area (Å²) in [7, 11) is -3.48. The minimum absolute atomic E-state index is 0. The van der Waals surface area contributed by atoms with Crippen LogP contribution in [0.5, 0.6) is 0 Å². The van der Waals surface area contributed by atoms with Gasteiger partial charge in [0.15, 0.2) is 0 Å². The highest BCUT2D eigenvalue weighted by atomic mass is 35.5. The maximum Gasteiger partial charge on any atom is 0.229 e. The molecule has 2 N–H and O–H groups in total. The predicted octanol–water partition coefficient (Wildman–Crippen LogP) is 1.16. The molecule has 5 nitrogen and oxygen atoms in total. The summed E-state index contributed by atoms with van der Waals surface area (Å²) in [6.45, 7) is 1.55. The summed E-state index contributed by atoms with van der Waals surface area (Å²) in [6, 6.07) is 4.35. The third kappa shape index (κ3) is 4.68. The molecule has 0 bridgehead atoms. The molecule has 1 aliphatic rings. The Hall–Kier alpha value is -1.34. The molecule has 2 rings (SSSR count). The van der Waals surface area contributed by atoms with Crippen molar-refractivity contribution in [1.82, 2.24) is 5.32 Å². The number of nitrogens with zero attached hydrogens (tertiary/aromatic N) is 1. The molecule has 0 aliphatic carbocycles. The highest BCUT2D eigenvalue weighted by Crippen LogP contribution is 2.18. The van der Waals surface area contributed by atoms with E-state index in [2.05, 4.69) is 15.0 Å². The summed E-state index contributed by atoms with van der Waals surface area (Å²) >= 11 is 0. The third-order valence-electron chi connectivity index (χ3n) is 2.44. The first-order valence-electron chi connectivity index (χ1n) is 5.47. The van der Waals surface area contributed by atoms with Crippen molar-refractivity contribution in [3.63, 3.8) is 0 Å². The zero-order valence-corrected chi connectivity index (χ0v) is 11.9. The highest BCUT2D eigenvalue weighted by Gasteiger charge is 2.11. The monoisotopic (exact) mass is 307 g/mol. The number of hydrogen-bond acceptors (Lipinski definition) is 4. The van der Waals surface area contributed by atoms with Crippen LogP contribution >= 0.6 is 12.4 Å². The SMILES string of the molecule is CS(=O)(=O)Nc1cc(CC2=NCCN2)ccc1F.Cl. The van der Waals surface area contributed by atoms with Gasteiger partial charge >= 0.3 is 0 Å². The van der Waals surface area contributed by atoms with E-state index in [0.717, 1.165) is 30.7 Å². The van der Waals surface area contributed by atoms with Crippen molar-refractivity contribution >= 4 is 34.0 Å². The first kappa shape index (κ1) is 15.7. The average molecular weight is 308 g/mol. The predicted molar refractivity (Wildman–Crippen MR) is 76.1 cm³/mol. The van der Waals surface area contributed by atoms with Gasteiger partial charge in [-0.25, -0.2) is 12.8 Å². The minimum atomic E-state index is -3.48. The van der Waals surface area contributed by atoms with E-state index in [1.165, 1.54) is 12.1 Å². The Bertz CT molecular complexity index is 590. The van der Waals surface area contributed by atoms with Gasteiger partial charge in [0.25, 0.3) is 0 Å². The Morgan fingerprint density at radius 3 is 2.79 bits per heavy atom. The van der Waals surface area contributed by atoms with E-state index in [4.69, 9.17) is 0 Å². The van der Waals surface area contributed by atoms with Gasteiger partial charge in [0, 0.05) is 13.0 Å². The number of anilines is 1. The molecule has 106 valence electrons. The Balaban J connectivity index is 0.00000180. The van der Waals surface area contributed by atoms with E-state index < -0.39 is 15.8 Å². The van der Waals surface area contributed by atoms with Crippen molar-refractivity contribution in [2.45, 2.75) is 6.42 Å². The molecule has 1 aliphatic heterocycles. The first-order valence-corrected chi connectivity index (χ1v) is 7.36. The van der Waals surface area contributed by atoms with Gasteiger partial charge in [-0.2, -0.15) is 0 Å². The molecule has 0 unspecified atom stereocenters. The van der Waals surface area contributed by atoms with Gasteiger partial charge in [-0.3, -0.25) is 9.71 Å². The molecule has 0 saturated heterocycles. The first-order chi connectivity index (χ1) is 8.44. The number of nitrogens with one attached hydrogen (secondary N) is 2. The molecule has 19 heavy (non-hydrogen) atoms. The van der Waals surface area contributed by atoms with Crippen molar-refractivity contribution in [3.05, 3.63) is 29.6 Å². The average Bonchev–Trinajstić information content (AvgIpc) is 2.74. The fourth-order valence-electron chi connectivity index (χ4n) is 1.72. The van der Waals surface area contributed by atoms with Gasteiger partial charge in [0.1, 0.15) is 11.7 Å². The van der Waals surface area contributed by atoms with Crippen LogP contribution in [0.4, 0.5) is 10.1 Å². The molecule has 8 heteroatoms. The van der Waals surface area contributed by atoms with Gasteiger partial charge in [0.05, 0.1) is 18.5 Å². The highest BCUT2D eigenvalue weighted by molar-refractivity contribution is 7.92. The second-order valence-corrected chi connectivity index (χ2v) is 5.87. The maximum atomic E-state index is 13.4. The second kappa shape index (κ2) is 6.21. The fourth-order valence-corrected chi connectivity index (χ4v) is 2.27. The van der Waals surface area contributed by atoms with Crippen LogP contribution in [-0.4, -0.2) is 33.6 Å². The molecular formula is C11H15ClFN3O2S. The van der Waals surface area contributed by atoms with Gasteiger partial charge < -0.3 is 5.32 Å². The van der Waals surface area contributed by atoms with E-state index in [1.54, 1.807) is 6.07 Å². The molecule has 1 aromatic carbocycles. The summed E-state index contributed by atoms with van der Waals surface area (Å²) < 4.78 is 37.8. The standard InChI is InChI=1S/C11H14FN3O2S.ClH/c1-18(16,17)15-10-6-8(2-3-9(10)12)7-11-13-4-5-14-11;/h2-3,6,15H,4-5,7H2,1H3,(H,13,14);1H. The van der Waals surface area contributed by atoms with Crippen LogP contribution in [0.25, 0.3) is 0 Å². The Kier molecular flexibility index (Phi) is 5.13. The van der Waals surface area contributed by atoms with Crippen LogP contribution in [0, 0.1) is 5.82 Å². The molecule has 0 radical (unpaired) electrons. The van der Waals surface area contributed by atoms with Gasteiger partial charge in [-0.05, 0) is 17.7 Å². The number of halogens is 2. The van der Waals surface area contributed by atoms with E-state index in [9.17, 15) is 12.8 Å². The number of rotatable bonds is 4. The Morgan fingerprint density at radius 1 is 1.47 bits per heavy atom. The molecule has 0 atom stereocenters. The molecule has 0 amide bonds. The molecule has 1 aromatic rings. The number of hydrogen-bond donors (Lipinski definition) is 2. The van der Waals surface area contributed by atoms with Crippen LogP contribution in [0.3, 0.4) is 0 Å². The van der Waals surface area contributed by atoms with E-state index in [-0.39, 0.29) is 18.1 Å². The van der Waals surface area contributed by atoms with Crippen molar-refractivity contribution < 1.29 is 12.8 Å².